The van der Waals surface area contributed by atoms with Gasteiger partial charge < -0.3 is 23.4 Å². The van der Waals surface area contributed by atoms with Crippen molar-refractivity contribution >= 4 is 14.3 Å². The van der Waals surface area contributed by atoms with Crippen molar-refractivity contribution in [3.8, 4) is 5.75 Å². The third-order valence-electron chi connectivity index (χ3n) is 6.97. The molecule has 0 radical (unpaired) electrons. The minimum atomic E-state index is -2.06. The van der Waals surface area contributed by atoms with Crippen molar-refractivity contribution in [2.45, 2.75) is 84.9 Å². The van der Waals surface area contributed by atoms with E-state index in [2.05, 4.69) is 40.8 Å². The highest BCUT2D eigenvalue weighted by molar-refractivity contribution is 6.74. The van der Waals surface area contributed by atoms with E-state index in [1.807, 2.05) is 38.1 Å². The molecule has 190 valence electrons. The first-order valence-corrected chi connectivity index (χ1v) is 14.6. The quantitative estimate of drug-likeness (QED) is 0.200. The second-order valence-electron chi connectivity index (χ2n) is 10.8. The van der Waals surface area contributed by atoms with Crippen LogP contribution in [0.4, 0.5) is 0 Å². The summed E-state index contributed by atoms with van der Waals surface area (Å²) >= 11 is 0. The minimum Gasteiger partial charge on any atom is -0.497 e. The largest absolute Gasteiger partial charge is 0.497 e. The molecule has 0 aliphatic carbocycles. The van der Waals surface area contributed by atoms with Crippen LogP contribution in [0.15, 0.2) is 24.3 Å². The minimum absolute atomic E-state index is 0.0391. The van der Waals surface area contributed by atoms with Crippen LogP contribution in [0.25, 0.3) is 0 Å². The maximum Gasteiger partial charge on any atom is 0.313 e. The highest BCUT2D eigenvalue weighted by Crippen LogP contribution is 2.40. The van der Waals surface area contributed by atoms with Gasteiger partial charge in [-0.1, -0.05) is 39.8 Å². The molecule has 3 atom stereocenters. The average molecular weight is 483 g/mol. The molecule has 0 aliphatic heterocycles. The first kappa shape index (κ1) is 29.6. The lowest BCUT2D eigenvalue weighted by Gasteiger charge is -2.44. The molecule has 1 rings (SSSR count). The number of carbonyl (C=O) groups is 1. The summed E-state index contributed by atoms with van der Waals surface area (Å²) in [6.07, 6.45) is 0.234. The molecule has 6 nitrogen and oxygen atoms in total. The molecular weight excluding hydrogens is 436 g/mol. The van der Waals surface area contributed by atoms with E-state index in [0.717, 1.165) is 11.3 Å². The van der Waals surface area contributed by atoms with Crippen LogP contribution in [0, 0.1) is 11.3 Å². The first-order chi connectivity index (χ1) is 15.2. The Morgan fingerprint density at radius 3 is 2.03 bits per heavy atom. The average Bonchev–Trinajstić information content (AvgIpc) is 2.74. The molecule has 0 unspecified atom stereocenters. The first-order valence-electron chi connectivity index (χ1n) is 11.7. The van der Waals surface area contributed by atoms with Crippen LogP contribution >= 0.6 is 0 Å². The van der Waals surface area contributed by atoms with Gasteiger partial charge in [-0.25, -0.2) is 0 Å². The molecule has 0 aliphatic rings. The zero-order chi connectivity index (χ0) is 25.4. The summed E-state index contributed by atoms with van der Waals surface area (Å²) in [6.45, 7) is 18.1. The van der Waals surface area contributed by atoms with E-state index >= 15 is 0 Å². The maximum absolute atomic E-state index is 12.5. The predicted molar refractivity (Wildman–Crippen MR) is 135 cm³/mol. The Hall–Kier alpha value is -1.41. The Balaban J connectivity index is 2.98. The number of benzene rings is 1. The number of carbonyl (C=O) groups excluding carboxylic acids is 1. The number of hydrogen-bond acceptors (Lipinski definition) is 6. The molecular formula is C26H46O6Si. The second kappa shape index (κ2) is 12.3. The van der Waals surface area contributed by atoms with Gasteiger partial charge in [0, 0.05) is 19.6 Å². The lowest BCUT2D eigenvalue weighted by molar-refractivity contribution is -0.164. The topological polar surface area (TPSA) is 63.2 Å². The zero-order valence-corrected chi connectivity index (χ0v) is 23.6. The van der Waals surface area contributed by atoms with Gasteiger partial charge >= 0.3 is 5.97 Å². The highest BCUT2D eigenvalue weighted by Gasteiger charge is 2.46. The third-order valence-corrected chi connectivity index (χ3v) is 11.5. The van der Waals surface area contributed by atoms with E-state index in [0.29, 0.717) is 19.6 Å². The van der Waals surface area contributed by atoms with Crippen LogP contribution < -0.4 is 4.74 Å². The molecule has 7 heteroatoms. The Kier molecular flexibility index (Phi) is 11.1. The zero-order valence-electron chi connectivity index (χ0n) is 22.6. The Labute approximate surface area is 202 Å². The lowest BCUT2D eigenvalue weighted by atomic mass is 9.77. The molecule has 0 N–H and O–H groups in total. The molecule has 0 saturated carbocycles. The van der Waals surface area contributed by atoms with Gasteiger partial charge in [0.05, 0.1) is 38.4 Å². The van der Waals surface area contributed by atoms with Gasteiger partial charge in [-0.15, -0.1) is 0 Å². The van der Waals surface area contributed by atoms with Crippen molar-refractivity contribution in [2.75, 3.05) is 27.9 Å². The fourth-order valence-electron chi connectivity index (χ4n) is 3.84. The van der Waals surface area contributed by atoms with Gasteiger partial charge in [-0.3, -0.25) is 4.79 Å². The van der Waals surface area contributed by atoms with Gasteiger partial charge in [0.2, 0.25) is 0 Å². The number of methoxy groups -OCH3 is 3. The van der Waals surface area contributed by atoms with E-state index in [4.69, 9.17) is 23.4 Å². The van der Waals surface area contributed by atoms with Crippen molar-refractivity contribution in [1.82, 2.24) is 0 Å². The van der Waals surface area contributed by atoms with Crippen molar-refractivity contribution in [1.29, 1.82) is 0 Å². The molecule has 0 aromatic heterocycles. The number of ether oxygens (including phenoxy) is 4. The van der Waals surface area contributed by atoms with E-state index in [1.54, 1.807) is 14.2 Å². The van der Waals surface area contributed by atoms with E-state index in [1.165, 1.54) is 7.11 Å². The smallest absolute Gasteiger partial charge is 0.313 e. The Bertz CT molecular complexity index is 723. The van der Waals surface area contributed by atoms with Crippen LogP contribution in [0.5, 0.6) is 5.75 Å². The number of hydrogen-bond donors (Lipinski definition) is 0. The molecule has 0 spiro atoms. The lowest BCUT2D eigenvalue weighted by Crippen LogP contribution is -2.51. The molecule has 0 heterocycles. The Morgan fingerprint density at radius 1 is 1.00 bits per heavy atom. The van der Waals surface area contributed by atoms with Crippen molar-refractivity contribution in [3.63, 3.8) is 0 Å². The fourth-order valence-corrected chi connectivity index (χ4v) is 5.28. The van der Waals surface area contributed by atoms with Crippen LogP contribution in [-0.4, -0.2) is 54.4 Å². The van der Waals surface area contributed by atoms with Crippen molar-refractivity contribution in [3.05, 3.63) is 29.8 Å². The summed E-state index contributed by atoms with van der Waals surface area (Å²) in [5.74, 6) is 0.500. The van der Waals surface area contributed by atoms with Crippen LogP contribution in [0.2, 0.25) is 18.1 Å². The predicted octanol–water partition coefficient (Wildman–Crippen LogP) is 5.84. The molecule has 1 aromatic carbocycles. The number of rotatable bonds is 13. The SMILES string of the molecule is COC(=O)C(C)(C)[C@@H](OC)[C@H](C)[C@H](CCOCc1ccc(OC)cc1)O[Si](C)(C)C(C)(C)C. The van der Waals surface area contributed by atoms with Gasteiger partial charge in [-0.05, 0) is 56.1 Å². The van der Waals surface area contributed by atoms with E-state index < -0.39 is 13.7 Å². The summed E-state index contributed by atoms with van der Waals surface area (Å²) < 4.78 is 29.0. The van der Waals surface area contributed by atoms with Gasteiger partial charge in [-0.2, -0.15) is 0 Å². The summed E-state index contributed by atoms with van der Waals surface area (Å²) in [5, 5.41) is 0.0648. The normalized spacial score (nSPS) is 15.6. The monoisotopic (exact) mass is 482 g/mol. The summed E-state index contributed by atoms with van der Waals surface area (Å²) in [6, 6.07) is 7.88. The molecule has 1 aromatic rings. The summed E-state index contributed by atoms with van der Waals surface area (Å²) in [7, 11) is 2.66. The summed E-state index contributed by atoms with van der Waals surface area (Å²) in [5.41, 5.74) is 0.286. The molecule has 0 fully saturated rings. The van der Waals surface area contributed by atoms with Gasteiger partial charge in [0.15, 0.2) is 8.32 Å². The van der Waals surface area contributed by atoms with Crippen molar-refractivity contribution in [2.24, 2.45) is 11.3 Å². The van der Waals surface area contributed by atoms with Gasteiger partial charge in [0.25, 0.3) is 0 Å². The molecule has 0 bridgehead atoms. The highest BCUT2D eigenvalue weighted by atomic mass is 28.4. The molecule has 33 heavy (non-hydrogen) atoms. The standard InChI is InChI=1S/C26H46O6Si/c1-19(23(29-8)26(5,6)24(27)30-9)22(32-33(10,11)25(2,3)4)16-17-31-18-20-12-14-21(28-7)15-13-20/h12-15,19,22-23H,16-18H2,1-11H3/t19-,22+,23+/m1/s1. The fraction of sp³-hybridized carbons (Fsp3) is 0.731. The molecule has 0 saturated heterocycles. The Morgan fingerprint density at radius 2 is 1.58 bits per heavy atom. The second-order valence-corrected chi connectivity index (χ2v) is 15.6. The van der Waals surface area contributed by atoms with Crippen LogP contribution in [-0.2, 0) is 30.0 Å². The van der Waals surface area contributed by atoms with Crippen LogP contribution in [0.1, 0.15) is 53.5 Å². The number of esters is 1. The third kappa shape index (κ3) is 8.09. The van der Waals surface area contributed by atoms with E-state index in [9.17, 15) is 4.79 Å². The maximum atomic E-state index is 12.5. The summed E-state index contributed by atoms with van der Waals surface area (Å²) in [4.78, 5) is 12.5. The van der Waals surface area contributed by atoms with Gasteiger partial charge in [0.1, 0.15) is 5.75 Å². The molecule has 0 amide bonds. The van der Waals surface area contributed by atoms with Crippen LogP contribution in [0.3, 0.4) is 0 Å². The van der Waals surface area contributed by atoms with Crippen molar-refractivity contribution < 1.29 is 28.2 Å². The van der Waals surface area contributed by atoms with E-state index in [-0.39, 0.29) is 29.1 Å².